The number of methoxy groups -OCH3 is 1. The first kappa shape index (κ1) is 11.6. The minimum absolute atomic E-state index is 0.486. The molecular formula is C13H15N5O. The Balaban J connectivity index is 2.14. The molecule has 0 spiro atoms. The van der Waals surface area contributed by atoms with Gasteiger partial charge < -0.3 is 10.5 Å². The van der Waals surface area contributed by atoms with Crippen LogP contribution in [0.5, 0.6) is 5.75 Å². The smallest absolute Gasteiger partial charge is 0.157 e. The molecule has 1 aromatic carbocycles. The average Bonchev–Trinajstić information content (AvgIpc) is 2.98. The number of ether oxygens (including phenoxy) is 1. The van der Waals surface area contributed by atoms with Gasteiger partial charge >= 0.3 is 0 Å². The molecule has 0 aliphatic rings. The van der Waals surface area contributed by atoms with Gasteiger partial charge in [-0.05, 0) is 23.8 Å². The number of fused-ring (bicyclic) bond motifs is 1. The van der Waals surface area contributed by atoms with Gasteiger partial charge in [-0.1, -0.05) is 0 Å². The van der Waals surface area contributed by atoms with Crippen LogP contribution in [0.15, 0.2) is 30.6 Å². The van der Waals surface area contributed by atoms with Gasteiger partial charge in [0.1, 0.15) is 5.75 Å². The van der Waals surface area contributed by atoms with Crippen molar-refractivity contribution in [3.63, 3.8) is 0 Å². The number of nitrogens with zero attached hydrogens (tertiary/aromatic N) is 4. The van der Waals surface area contributed by atoms with Crippen molar-refractivity contribution in [2.75, 3.05) is 12.8 Å². The Labute approximate surface area is 110 Å². The van der Waals surface area contributed by atoms with Crippen LogP contribution in [0.2, 0.25) is 0 Å². The lowest BCUT2D eigenvalue weighted by atomic mass is 10.1. The van der Waals surface area contributed by atoms with Crippen LogP contribution in [0.25, 0.3) is 10.9 Å². The highest BCUT2D eigenvalue weighted by Crippen LogP contribution is 2.31. The van der Waals surface area contributed by atoms with E-state index in [-0.39, 0.29) is 0 Å². The molecule has 0 fully saturated rings. The fraction of sp³-hybridized carbons (Fsp3) is 0.231. The molecule has 0 unspecified atom stereocenters. The molecule has 2 aromatic heterocycles. The zero-order valence-electron chi connectivity index (χ0n) is 10.9. The number of benzene rings is 1. The Morgan fingerprint density at radius 3 is 2.89 bits per heavy atom. The lowest BCUT2D eigenvalue weighted by Crippen LogP contribution is -2.01. The maximum Gasteiger partial charge on any atom is 0.157 e. The number of hydrogen-bond acceptors (Lipinski definition) is 4. The van der Waals surface area contributed by atoms with Gasteiger partial charge in [-0.15, -0.1) is 0 Å². The molecule has 0 bridgehead atoms. The largest absolute Gasteiger partial charge is 0.496 e. The first-order chi connectivity index (χ1) is 9.19. The summed E-state index contributed by atoms with van der Waals surface area (Å²) in [5.74, 6) is 1.23. The lowest BCUT2D eigenvalue weighted by molar-refractivity contribution is 0.419. The van der Waals surface area contributed by atoms with E-state index in [1.165, 1.54) is 0 Å². The summed E-state index contributed by atoms with van der Waals surface area (Å²) >= 11 is 0. The van der Waals surface area contributed by atoms with Crippen LogP contribution in [0.4, 0.5) is 5.82 Å². The average molecular weight is 257 g/mol. The van der Waals surface area contributed by atoms with Crippen LogP contribution in [0.1, 0.15) is 5.56 Å². The van der Waals surface area contributed by atoms with E-state index in [0.29, 0.717) is 12.4 Å². The number of nitrogens with two attached hydrogens (primary N) is 1. The van der Waals surface area contributed by atoms with Crippen molar-refractivity contribution < 1.29 is 4.74 Å². The zero-order chi connectivity index (χ0) is 13.4. The highest BCUT2D eigenvalue weighted by molar-refractivity contribution is 5.95. The Morgan fingerprint density at radius 1 is 1.37 bits per heavy atom. The number of anilines is 1. The summed E-state index contributed by atoms with van der Waals surface area (Å²) in [5, 5.41) is 9.29. The number of aromatic nitrogens is 4. The summed E-state index contributed by atoms with van der Waals surface area (Å²) in [6.45, 7) is 0.685. The molecule has 2 N–H and O–H groups in total. The summed E-state index contributed by atoms with van der Waals surface area (Å²) in [5.41, 5.74) is 7.96. The van der Waals surface area contributed by atoms with Crippen molar-refractivity contribution in [2.45, 2.75) is 6.54 Å². The van der Waals surface area contributed by atoms with Crippen LogP contribution in [-0.4, -0.2) is 26.7 Å². The van der Waals surface area contributed by atoms with Gasteiger partial charge in [-0.25, -0.2) is 0 Å². The molecular weight excluding hydrogens is 242 g/mol. The molecule has 0 radical (unpaired) electrons. The monoisotopic (exact) mass is 257 g/mol. The van der Waals surface area contributed by atoms with Crippen LogP contribution in [0.3, 0.4) is 0 Å². The SMILES string of the molecule is COc1cc(Cn2cccn2)cc2c1c(N)nn2C. The molecule has 19 heavy (non-hydrogen) atoms. The maximum atomic E-state index is 5.91. The van der Waals surface area contributed by atoms with Crippen LogP contribution < -0.4 is 10.5 Å². The van der Waals surface area contributed by atoms with E-state index < -0.39 is 0 Å². The topological polar surface area (TPSA) is 70.9 Å². The quantitative estimate of drug-likeness (QED) is 0.770. The third-order valence-corrected chi connectivity index (χ3v) is 3.13. The second-order valence-electron chi connectivity index (χ2n) is 4.40. The Morgan fingerprint density at radius 2 is 2.21 bits per heavy atom. The van der Waals surface area contributed by atoms with Gasteiger partial charge in [0.15, 0.2) is 5.82 Å². The van der Waals surface area contributed by atoms with E-state index in [2.05, 4.69) is 16.3 Å². The van der Waals surface area contributed by atoms with Gasteiger partial charge in [-0.2, -0.15) is 10.2 Å². The number of aryl methyl sites for hydroxylation is 1. The minimum atomic E-state index is 0.486. The molecule has 2 heterocycles. The van der Waals surface area contributed by atoms with Gasteiger partial charge in [0.05, 0.1) is 24.6 Å². The first-order valence-electron chi connectivity index (χ1n) is 5.95. The first-order valence-corrected chi connectivity index (χ1v) is 5.95. The van der Waals surface area contributed by atoms with Crippen molar-refractivity contribution in [3.05, 3.63) is 36.2 Å². The van der Waals surface area contributed by atoms with Crippen LogP contribution in [0, 0.1) is 0 Å². The molecule has 0 aliphatic heterocycles. The second-order valence-corrected chi connectivity index (χ2v) is 4.40. The molecule has 0 saturated heterocycles. The highest BCUT2D eigenvalue weighted by Gasteiger charge is 2.13. The van der Waals surface area contributed by atoms with Crippen LogP contribution >= 0.6 is 0 Å². The minimum Gasteiger partial charge on any atom is -0.496 e. The molecule has 0 amide bonds. The normalized spacial score (nSPS) is 11.1. The van der Waals surface area contributed by atoms with E-state index in [1.54, 1.807) is 18.0 Å². The van der Waals surface area contributed by atoms with Gasteiger partial charge in [0.25, 0.3) is 0 Å². The molecule has 6 heteroatoms. The van der Waals surface area contributed by atoms with Gasteiger partial charge in [0.2, 0.25) is 0 Å². The molecule has 6 nitrogen and oxygen atoms in total. The van der Waals surface area contributed by atoms with Crippen molar-refractivity contribution in [1.29, 1.82) is 0 Å². The summed E-state index contributed by atoms with van der Waals surface area (Å²) < 4.78 is 9.04. The summed E-state index contributed by atoms with van der Waals surface area (Å²) in [4.78, 5) is 0. The Kier molecular flexibility index (Phi) is 2.63. The maximum absolute atomic E-state index is 5.91. The van der Waals surface area contributed by atoms with E-state index in [0.717, 1.165) is 22.2 Å². The standard InChI is InChI=1S/C13H15N5O/c1-17-10-6-9(8-18-5-3-4-15-18)7-11(19-2)12(10)13(14)16-17/h3-7H,8H2,1-2H3,(H2,14,16). The molecule has 3 rings (SSSR count). The Bertz CT molecular complexity index is 714. The molecule has 0 aliphatic carbocycles. The third-order valence-electron chi connectivity index (χ3n) is 3.13. The van der Waals surface area contributed by atoms with E-state index >= 15 is 0 Å². The molecule has 98 valence electrons. The molecule has 0 saturated carbocycles. The van der Waals surface area contributed by atoms with Gasteiger partial charge in [-0.3, -0.25) is 9.36 Å². The summed E-state index contributed by atoms with van der Waals surface area (Å²) in [6, 6.07) is 5.93. The number of hydrogen-bond donors (Lipinski definition) is 1. The van der Waals surface area contributed by atoms with Crippen molar-refractivity contribution >= 4 is 16.7 Å². The number of nitrogen functional groups attached to an aromatic ring is 1. The summed E-state index contributed by atoms with van der Waals surface area (Å²) in [7, 11) is 3.51. The van der Waals surface area contributed by atoms with E-state index in [9.17, 15) is 0 Å². The fourth-order valence-corrected chi connectivity index (χ4v) is 2.27. The molecule has 0 atom stereocenters. The number of rotatable bonds is 3. The van der Waals surface area contributed by atoms with Gasteiger partial charge in [0, 0.05) is 19.4 Å². The lowest BCUT2D eigenvalue weighted by Gasteiger charge is -2.07. The molecule has 3 aromatic rings. The Hall–Kier alpha value is -2.50. The van der Waals surface area contributed by atoms with Crippen molar-refractivity contribution in [2.24, 2.45) is 7.05 Å². The highest BCUT2D eigenvalue weighted by atomic mass is 16.5. The second kappa shape index (κ2) is 4.31. The van der Waals surface area contributed by atoms with Crippen molar-refractivity contribution in [3.8, 4) is 5.75 Å². The predicted molar refractivity (Wildman–Crippen MR) is 73.0 cm³/mol. The zero-order valence-corrected chi connectivity index (χ0v) is 10.9. The third kappa shape index (κ3) is 1.91. The van der Waals surface area contributed by atoms with E-state index in [4.69, 9.17) is 10.5 Å². The summed E-state index contributed by atoms with van der Waals surface area (Å²) in [6.07, 6.45) is 3.69. The van der Waals surface area contributed by atoms with E-state index in [1.807, 2.05) is 30.1 Å². The predicted octanol–water partition coefficient (Wildman–Crippen LogP) is 1.41. The van der Waals surface area contributed by atoms with Crippen LogP contribution in [-0.2, 0) is 13.6 Å². The fourth-order valence-electron chi connectivity index (χ4n) is 2.27. The van der Waals surface area contributed by atoms with Crippen molar-refractivity contribution in [1.82, 2.24) is 19.6 Å².